The number of piperidine rings is 1. The SMILES string of the molecule is Cc1ccc(S(=O)(=O)n2cc(-c3cncc(N(C(=O)OC(C)(C)C)C4CCNCC4)n3)c3cc(-c4c(F)cccc4Cl)ccc32)cc1. The third kappa shape index (κ3) is 6.60. The summed E-state index contributed by atoms with van der Waals surface area (Å²) in [5, 5.41) is 4.01. The second-order valence-electron chi connectivity index (χ2n) is 12.6. The average molecular weight is 676 g/mol. The Bertz CT molecular complexity index is 2050. The van der Waals surface area contributed by atoms with Crippen LogP contribution in [0.4, 0.5) is 15.0 Å². The summed E-state index contributed by atoms with van der Waals surface area (Å²) in [6.45, 7) is 8.74. The van der Waals surface area contributed by atoms with E-state index in [-0.39, 0.29) is 27.3 Å². The molecular weight excluding hydrogens is 641 g/mol. The Labute approximate surface area is 278 Å². The smallest absolute Gasteiger partial charge is 0.416 e. The van der Waals surface area contributed by atoms with Gasteiger partial charge in [-0.1, -0.05) is 41.4 Å². The molecule has 47 heavy (non-hydrogen) atoms. The van der Waals surface area contributed by atoms with E-state index in [2.05, 4.69) is 10.3 Å². The molecule has 0 radical (unpaired) electrons. The molecule has 0 bridgehead atoms. The van der Waals surface area contributed by atoms with Gasteiger partial charge in [-0.2, -0.15) is 0 Å². The summed E-state index contributed by atoms with van der Waals surface area (Å²) in [7, 11) is -4.06. The number of hydrogen-bond acceptors (Lipinski definition) is 7. The summed E-state index contributed by atoms with van der Waals surface area (Å²) < 4.78 is 50.1. The normalized spacial score (nSPS) is 14.3. The Morgan fingerprint density at radius 3 is 2.47 bits per heavy atom. The fraction of sp³-hybridized carbons (Fsp3) is 0.286. The number of aromatic nitrogens is 3. The molecule has 0 unspecified atom stereocenters. The van der Waals surface area contributed by atoms with Crippen molar-refractivity contribution >= 4 is 44.4 Å². The van der Waals surface area contributed by atoms with Gasteiger partial charge in [0.25, 0.3) is 10.0 Å². The van der Waals surface area contributed by atoms with Crippen LogP contribution in [-0.4, -0.2) is 53.2 Å². The lowest BCUT2D eigenvalue weighted by molar-refractivity contribution is 0.0558. The fourth-order valence-electron chi connectivity index (χ4n) is 5.76. The van der Waals surface area contributed by atoms with E-state index in [0.29, 0.717) is 40.6 Å². The monoisotopic (exact) mass is 675 g/mol. The Hall–Kier alpha value is -4.32. The van der Waals surface area contributed by atoms with E-state index in [4.69, 9.17) is 21.3 Å². The van der Waals surface area contributed by atoms with Gasteiger partial charge in [-0.3, -0.25) is 9.88 Å². The van der Waals surface area contributed by atoms with Crippen molar-refractivity contribution in [2.75, 3.05) is 18.0 Å². The minimum absolute atomic E-state index is 0.106. The van der Waals surface area contributed by atoms with Gasteiger partial charge in [0.2, 0.25) is 0 Å². The highest BCUT2D eigenvalue weighted by atomic mass is 35.5. The van der Waals surface area contributed by atoms with Crippen molar-refractivity contribution in [1.29, 1.82) is 0 Å². The highest BCUT2D eigenvalue weighted by Crippen LogP contribution is 2.38. The third-order valence-electron chi connectivity index (χ3n) is 8.01. The zero-order chi connectivity index (χ0) is 33.5. The molecule has 1 amide bonds. The lowest BCUT2D eigenvalue weighted by Gasteiger charge is -2.35. The van der Waals surface area contributed by atoms with Crippen LogP contribution in [0, 0.1) is 12.7 Å². The van der Waals surface area contributed by atoms with Crippen molar-refractivity contribution in [3.63, 3.8) is 0 Å². The first kappa shape index (κ1) is 32.6. The number of anilines is 1. The van der Waals surface area contributed by atoms with Crippen LogP contribution in [0.3, 0.4) is 0 Å². The van der Waals surface area contributed by atoms with Crippen LogP contribution in [0.15, 0.2) is 84.1 Å². The number of fused-ring (bicyclic) bond motifs is 1. The van der Waals surface area contributed by atoms with Gasteiger partial charge in [0.1, 0.15) is 11.4 Å². The van der Waals surface area contributed by atoms with Crippen molar-refractivity contribution in [3.8, 4) is 22.4 Å². The van der Waals surface area contributed by atoms with Gasteiger partial charge in [0.15, 0.2) is 5.82 Å². The number of hydrogen-bond donors (Lipinski definition) is 1. The van der Waals surface area contributed by atoms with Gasteiger partial charge in [0.05, 0.1) is 33.5 Å². The zero-order valence-electron chi connectivity index (χ0n) is 26.5. The van der Waals surface area contributed by atoms with Gasteiger partial charge >= 0.3 is 6.09 Å². The van der Waals surface area contributed by atoms with E-state index < -0.39 is 27.5 Å². The number of ether oxygens (including phenoxy) is 1. The molecule has 12 heteroatoms. The van der Waals surface area contributed by atoms with Crippen LogP contribution in [0.5, 0.6) is 0 Å². The van der Waals surface area contributed by atoms with Crippen LogP contribution in [-0.2, 0) is 14.8 Å². The minimum Gasteiger partial charge on any atom is -0.443 e. The minimum atomic E-state index is -4.06. The summed E-state index contributed by atoms with van der Waals surface area (Å²) in [6.07, 6.45) is 5.33. The first-order chi connectivity index (χ1) is 22.3. The number of nitrogens with zero attached hydrogens (tertiary/aromatic N) is 4. The maximum atomic E-state index is 15.1. The predicted molar refractivity (Wildman–Crippen MR) is 182 cm³/mol. The van der Waals surface area contributed by atoms with Crippen molar-refractivity contribution in [2.24, 2.45) is 0 Å². The highest BCUT2D eigenvalue weighted by molar-refractivity contribution is 7.90. The lowest BCUT2D eigenvalue weighted by Crippen LogP contribution is -2.48. The summed E-state index contributed by atoms with van der Waals surface area (Å²) in [4.78, 5) is 24.5. The number of carbonyl (C=O) groups excluding carboxylic acids is 1. The molecule has 3 aromatic carbocycles. The van der Waals surface area contributed by atoms with Gasteiger partial charge < -0.3 is 10.1 Å². The van der Waals surface area contributed by atoms with Crippen LogP contribution in [0.25, 0.3) is 33.3 Å². The molecule has 1 N–H and O–H groups in total. The Kier molecular flexibility index (Phi) is 8.82. The largest absolute Gasteiger partial charge is 0.443 e. The fourth-order valence-corrected chi connectivity index (χ4v) is 7.40. The number of carbonyl (C=O) groups is 1. The standard InChI is InChI=1S/C35H35ClFN5O4S/c1-22-8-11-25(12-9-22)47(44,45)41-21-27(26-18-23(10-13-31(26)41)33-28(36)6-5-7-29(33)37)30-19-39-20-32(40-30)42(24-14-16-38-17-15-24)34(43)46-35(2,3)4/h5-13,18-21,24,38H,14-17H2,1-4H3. The average Bonchev–Trinajstić information content (AvgIpc) is 3.41. The first-order valence-corrected chi connectivity index (χ1v) is 17.1. The van der Waals surface area contributed by atoms with Crippen LogP contribution >= 0.6 is 11.6 Å². The molecule has 3 heterocycles. The van der Waals surface area contributed by atoms with Crippen molar-refractivity contribution in [1.82, 2.24) is 19.3 Å². The van der Waals surface area contributed by atoms with Gasteiger partial charge in [0, 0.05) is 28.8 Å². The number of amides is 1. The molecule has 1 saturated heterocycles. The third-order valence-corrected chi connectivity index (χ3v) is 10.0. The molecule has 1 fully saturated rings. The molecule has 2 aromatic heterocycles. The number of rotatable bonds is 6. The molecule has 6 rings (SSSR count). The second kappa shape index (κ2) is 12.7. The zero-order valence-corrected chi connectivity index (χ0v) is 28.1. The van der Waals surface area contributed by atoms with Crippen LogP contribution in [0.1, 0.15) is 39.2 Å². The Morgan fingerprint density at radius 1 is 1.06 bits per heavy atom. The van der Waals surface area contributed by atoms with E-state index in [9.17, 15) is 13.2 Å². The molecule has 0 spiro atoms. The summed E-state index contributed by atoms with van der Waals surface area (Å²) in [6, 6.07) is 15.8. The molecular formula is C35H35ClFN5O4S. The maximum absolute atomic E-state index is 15.1. The van der Waals surface area contributed by atoms with Gasteiger partial charge in [-0.25, -0.2) is 26.6 Å². The maximum Gasteiger partial charge on any atom is 0.416 e. The topological polar surface area (TPSA) is 106 Å². The number of halogens is 2. The molecule has 244 valence electrons. The van der Waals surface area contributed by atoms with Crippen molar-refractivity contribution < 1.29 is 22.3 Å². The van der Waals surface area contributed by atoms with E-state index >= 15 is 4.39 Å². The summed E-state index contributed by atoms with van der Waals surface area (Å²) in [5.41, 5.74) is 1.93. The van der Waals surface area contributed by atoms with Crippen LogP contribution < -0.4 is 10.2 Å². The van der Waals surface area contributed by atoms with Crippen LogP contribution in [0.2, 0.25) is 5.02 Å². The van der Waals surface area contributed by atoms with Gasteiger partial charge in [-0.15, -0.1) is 0 Å². The lowest BCUT2D eigenvalue weighted by atomic mass is 10.0. The van der Waals surface area contributed by atoms with E-state index in [1.165, 1.54) is 39.6 Å². The molecule has 0 saturated carbocycles. The summed E-state index contributed by atoms with van der Waals surface area (Å²) >= 11 is 6.43. The second-order valence-corrected chi connectivity index (χ2v) is 14.8. The number of nitrogens with one attached hydrogen (secondary N) is 1. The van der Waals surface area contributed by atoms with Gasteiger partial charge in [-0.05, 0) is 95.6 Å². The molecule has 1 aliphatic heterocycles. The molecule has 0 atom stereocenters. The highest BCUT2D eigenvalue weighted by Gasteiger charge is 2.32. The van der Waals surface area contributed by atoms with E-state index in [0.717, 1.165) is 18.7 Å². The quantitative estimate of drug-likeness (QED) is 0.198. The molecule has 1 aliphatic rings. The predicted octanol–water partition coefficient (Wildman–Crippen LogP) is 7.60. The molecule has 0 aliphatic carbocycles. The Morgan fingerprint density at radius 2 is 1.79 bits per heavy atom. The molecule has 5 aromatic rings. The molecule has 9 nitrogen and oxygen atoms in total. The number of benzene rings is 3. The van der Waals surface area contributed by atoms with Crippen molar-refractivity contribution in [2.45, 2.75) is 57.1 Å². The number of aryl methyl sites for hydroxylation is 1. The van der Waals surface area contributed by atoms with E-state index in [1.54, 1.807) is 69.3 Å². The summed E-state index contributed by atoms with van der Waals surface area (Å²) in [5.74, 6) is -0.235. The Balaban J connectivity index is 1.55. The van der Waals surface area contributed by atoms with E-state index in [1.807, 2.05) is 6.92 Å². The first-order valence-electron chi connectivity index (χ1n) is 15.3. The van der Waals surface area contributed by atoms with Crippen molar-refractivity contribution in [3.05, 3.63) is 95.7 Å².